The predicted octanol–water partition coefficient (Wildman–Crippen LogP) is 2.50. The van der Waals surface area contributed by atoms with Crippen LogP contribution >= 0.6 is 0 Å². The fraction of sp³-hybridized carbons (Fsp3) is 0.917. The molecule has 0 radical (unpaired) electrons. The van der Waals surface area contributed by atoms with Gasteiger partial charge in [-0.3, -0.25) is 4.79 Å². The summed E-state index contributed by atoms with van der Waals surface area (Å²) < 4.78 is 5.18. The summed E-state index contributed by atoms with van der Waals surface area (Å²) in [4.78, 5) is 11.5. The maximum Gasteiger partial charge on any atom is 0.325 e. The fourth-order valence-electron chi connectivity index (χ4n) is 1.15. The molecular weight excluding hydrogens is 190 g/mol. The summed E-state index contributed by atoms with van der Waals surface area (Å²) in [6, 6.07) is 0. The minimum Gasteiger partial charge on any atom is -0.464 e. The summed E-state index contributed by atoms with van der Waals surface area (Å²) in [5.41, 5.74) is -0.566. The highest BCUT2D eigenvalue weighted by Crippen LogP contribution is 2.06. The molecule has 0 amide bonds. The van der Waals surface area contributed by atoms with Crippen molar-refractivity contribution in [1.82, 2.24) is 5.32 Å². The van der Waals surface area contributed by atoms with Crippen molar-refractivity contribution in [3.8, 4) is 0 Å². The Morgan fingerprint density at radius 3 is 2.33 bits per heavy atom. The van der Waals surface area contributed by atoms with Crippen molar-refractivity contribution in [2.75, 3.05) is 13.7 Å². The molecule has 0 heterocycles. The number of carbonyl (C=O) groups excluding carboxylic acids is 1. The van der Waals surface area contributed by atoms with Gasteiger partial charge in [-0.05, 0) is 27.3 Å². The van der Waals surface area contributed by atoms with E-state index >= 15 is 0 Å². The van der Waals surface area contributed by atoms with Gasteiger partial charge < -0.3 is 10.1 Å². The molecule has 0 unspecified atom stereocenters. The second kappa shape index (κ2) is 7.69. The first-order valence-corrected chi connectivity index (χ1v) is 5.90. The smallest absolute Gasteiger partial charge is 0.325 e. The molecule has 0 aromatic heterocycles. The Labute approximate surface area is 93.6 Å². The molecule has 0 saturated heterocycles. The maximum absolute atomic E-state index is 11.5. The van der Waals surface area contributed by atoms with Crippen LogP contribution in [0.5, 0.6) is 0 Å². The average Bonchev–Trinajstić information content (AvgIpc) is 2.22. The summed E-state index contributed by atoms with van der Waals surface area (Å²) in [5, 5.41) is 2.93. The van der Waals surface area contributed by atoms with Crippen LogP contribution in [0.2, 0.25) is 0 Å². The van der Waals surface area contributed by atoms with Crippen LogP contribution in [0.4, 0.5) is 0 Å². The van der Waals surface area contributed by atoms with Crippen LogP contribution in [-0.2, 0) is 9.53 Å². The molecule has 0 aromatic carbocycles. The minimum atomic E-state index is -0.566. The SMILES string of the molecule is CCCCCCCOC(=O)C(C)(C)NC. The Hall–Kier alpha value is -0.570. The maximum atomic E-state index is 11.5. The second-order valence-electron chi connectivity index (χ2n) is 4.43. The molecule has 0 aliphatic heterocycles. The van der Waals surface area contributed by atoms with E-state index in [9.17, 15) is 4.79 Å². The molecule has 0 spiro atoms. The molecule has 0 atom stereocenters. The minimum absolute atomic E-state index is 0.166. The monoisotopic (exact) mass is 215 g/mol. The van der Waals surface area contributed by atoms with Crippen LogP contribution in [0.15, 0.2) is 0 Å². The van der Waals surface area contributed by atoms with E-state index < -0.39 is 5.54 Å². The van der Waals surface area contributed by atoms with Crippen LogP contribution < -0.4 is 5.32 Å². The third-order valence-electron chi connectivity index (χ3n) is 2.62. The topological polar surface area (TPSA) is 38.3 Å². The van der Waals surface area contributed by atoms with Gasteiger partial charge in [-0.1, -0.05) is 32.6 Å². The highest BCUT2D eigenvalue weighted by Gasteiger charge is 2.26. The van der Waals surface area contributed by atoms with E-state index in [1.54, 1.807) is 7.05 Å². The van der Waals surface area contributed by atoms with Crippen LogP contribution in [0.25, 0.3) is 0 Å². The molecule has 3 heteroatoms. The average molecular weight is 215 g/mol. The van der Waals surface area contributed by atoms with Gasteiger partial charge in [0.2, 0.25) is 0 Å². The lowest BCUT2D eigenvalue weighted by molar-refractivity contribution is -0.150. The van der Waals surface area contributed by atoms with Crippen molar-refractivity contribution < 1.29 is 9.53 Å². The molecule has 0 rings (SSSR count). The molecule has 0 aliphatic carbocycles. The first kappa shape index (κ1) is 14.4. The summed E-state index contributed by atoms with van der Waals surface area (Å²) in [6.07, 6.45) is 5.89. The summed E-state index contributed by atoms with van der Waals surface area (Å²) in [5.74, 6) is -0.166. The number of esters is 1. The molecule has 3 nitrogen and oxygen atoms in total. The van der Waals surface area contributed by atoms with E-state index in [0.717, 1.165) is 12.8 Å². The van der Waals surface area contributed by atoms with Crippen LogP contribution in [0.3, 0.4) is 0 Å². The number of ether oxygens (including phenoxy) is 1. The molecule has 0 saturated carbocycles. The Balaban J connectivity index is 3.47. The lowest BCUT2D eigenvalue weighted by atomic mass is 10.1. The summed E-state index contributed by atoms with van der Waals surface area (Å²) >= 11 is 0. The van der Waals surface area contributed by atoms with Crippen molar-refractivity contribution in [2.45, 2.75) is 58.4 Å². The van der Waals surface area contributed by atoms with Gasteiger partial charge >= 0.3 is 5.97 Å². The van der Waals surface area contributed by atoms with Gasteiger partial charge in [0.15, 0.2) is 0 Å². The van der Waals surface area contributed by atoms with Gasteiger partial charge in [-0.2, -0.15) is 0 Å². The molecule has 90 valence electrons. The van der Waals surface area contributed by atoms with Crippen molar-refractivity contribution >= 4 is 5.97 Å². The Kier molecular flexibility index (Phi) is 7.39. The lowest BCUT2D eigenvalue weighted by Gasteiger charge is -2.21. The molecule has 0 bridgehead atoms. The first-order chi connectivity index (χ1) is 7.04. The van der Waals surface area contributed by atoms with Crippen molar-refractivity contribution in [3.05, 3.63) is 0 Å². The van der Waals surface area contributed by atoms with Gasteiger partial charge in [0.1, 0.15) is 5.54 Å². The van der Waals surface area contributed by atoms with E-state index in [-0.39, 0.29) is 5.97 Å². The fourth-order valence-corrected chi connectivity index (χ4v) is 1.15. The third-order valence-corrected chi connectivity index (χ3v) is 2.62. The Morgan fingerprint density at radius 1 is 1.20 bits per heavy atom. The molecule has 0 aliphatic rings. The number of hydrogen-bond donors (Lipinski definition) is 1. The number of likely N-dealkylation sites (N-methyl/N-ethyl adjacent to an activating group) is 1. The third kappa shape index (κ3) is 6.50. The van der Waals surface area contributed by atoms with Gasteiger partial charge in [0.05, 0.1) is 6.61 Å². The first-order valence-electron chi connectivity index (χ1n) is 5.90. The highest BCUT2D eigenvalue weighted by atomic mass is 16.5. The van der Waals surface area contributed by atoms with Crippen molar-refractivity contribution in [1.29, 1.82) is 0 Å². The number of carbonyl (C=O) groups is 1. The quantitative estimate of drug-likeness (QED) is 0.499. The normalized spacial score (nSPS) is 11.5. The number of nitrogens with one attached hydrogen (secondary N) is 1. The van der Waals surface area contributed by atoms with E-state index in [4.69, 9.17) is 4.74 Å². The molecular formula is C12H25NO2. The van der Waals surface area contributed by atoms with E-state index in [0.29, 0.717) is 6.61 Å². The lowest BCUT2D eigenvalue weighted by Crippen LogP contribution is -2.45. The van der Waals surface area contributed by atoms with Gasteiger partial charge in [0.25, 0.3) is 0 Å². The summed E-state index contributed by atoms with van der Waals surface area (Å²) in [7, 11) is 1.77. The molecule has 0 aromatic rings. The zero-order chi connectivity index (χ0) is 11.7. The number of unbranched alkanes of at least 4 members (excludes halogenated alkanes) is 4. The van der Waals surface area contributed by atoms with Crippen LogP contribution in [0.1, 0.15) is 52.9 Å². The largest absolute Gasteiger partial charge is 0.464 e. The van der Waals surface area contributed by atoms with Gasteiger partial charge in [0, 0.05) is 0 Å². The van der Waals surface area contributed by atoms with E-state index in [1.165, 1.54) is 19.3 Å². The molecule has 1 N–H and O–H groups in total. The highest BCUT2D eigenvalue weighted by molar-refractivity contribution is 5.79. The molecule has 15 heavy (non-hydrogen) atoms. The Morgan fingerprint density at radius 2 is 1.80 bits per heavy atom. The van der Waals surface area contributed by atoms with Gasteiger partial charge in [-0.25, -0.2) is 0 Å². The van der Waals surface area contributed by atoms with Crippen molar-refractivity contribution in [3.63, 3.8) is 0 Å². The number of rotatable bonds is 8. The zero-order valence-electron chi connectivity index (χ0n) is 10.6. The summed E-state index contributed by atoms with van der Waals surface area (Å²) in [6.45, 7) is 6.39. The van der Waals surface area contributed by atoms with Crippen LogP contribution in [-0.4, -0.2) is 25.2 Å². The van der Waals surface area contributed by atoms with E-state index in [1.807, 2.05) is 13.8 Å². The zero-order valence-corrected chi connectivity index (χ0v) is 10.6. The van der Waals surface area contributed by atoms with E-state index in [2.05, 4.69) is 12.2 Å². The standard InChI is InChI=1S/C12H25NO2/c1-5-6-7-8-9-10-15-11(14)12(2,3)13-4/h13H,5-10H2,1-4H3. The van der Waals surface area contributed by atoms with Gasteiger partial charge in [-0.15, -0.1) is 0 Å². The number of hydrogen-bond acceptors (Lipinski definition) is 3. The Bertz CT molecular complexity index is 178. The second-order valence-corrected chi connectivity index (χ2v) is 4.43. The predicted molar refractivity (Wildman–Crippen MR) is 62.9 cm³/mol. The van der Waals surface area contributed by atoms with Crippen molar-refractivity contribution in [2.24, 2.45) is 0 Å². The molecule has 0 fully saturated rings. The van der Waals surface area contributed by atoms with Crippen LogP contribution in [0, 0.1) is 0 Å².